The van der Waals surface area contributed by atoms with Crippen LogP contribution in [0.15, 0.2) is 12.1 Å². The molecule has 140 valence electrons. The number of methoxy groups -OCH3 is 2. The van der Waals surface area contributed by atoms with Crippen molar-refractivity contribution < 1.29 is 22.7 Å². The minimum Gasteiger partial charge on any atom is -0.481 e. The largest absolute Gasteiger partial charge is 0.481 e. The molecule has 2 aromatic heterocycles. The molecule has 0 spiro atoms. The van der Waals surface area contributed by atoms with Gasteiger partial charge in [0.2, 0.25) is 23.7 Å². The molecule has 0 aliphatic rings. The van der Waals surface area contributed by atoms with Crippen molar-refractivity contribution in [1.29, 1.82) is 0 Å². The third-order valence-corrected chi connectivity index (χ3v) is 3.66. The zero-order chi connectivity index (χ0) is 19.3. The molecule has 3 N–H and O–H groups in total. The summed E-state index contributed by atoms with van der Waals surface area (Å²) in [6.07, 6.45) is 0. The molecule has 0 unspecified atom stereocenters. The SMILES string of the molecule is COc1cc(OC)nc(NC(=O)NS(=O)(=O)Nc2nc(C)cc(C)n2)n1. The number of rotatable bonds is 6. The first kappa shape index (κ1) is 19.1. The van der Waals surface area contributed by atoms with Gasteiger partial charge in [-0.1, -0.05) is 0 Å². The summed E-state index contributed by atoms with van der Waals surface area (Å²) in [7, 11) is -1.54. The minimum atomic E-state index is -4.27. The molecule has 0 saturated heterocycles. The van der Waals surface area contributed by atoms with Gasteiger partial charge < -0.3 is 9.47 Å². The molecule has 0 saturated carbocycles. The molecule has 0 bridgehead atoms. The molecule has 2 amide bonds. The second-order valence-electron chi connectivity index (χ2n) is 4.91. The van der Waals surface area contributed by atoms with Crippen molar-refractivity contribution in [2.45, 2.75) is 13.8 Å². The van der Waals surface area contributed by atoms with Crippen LogP contribution >= 0.6 is 0 Å². The predicted molar refractivity (Wildman–Crippen MR) is 91.3 cm³/mol. The first-order valence-corrected chi connectivity index (χ1v) is 8.60. The normalized spacial score (nSPS) is 10.8. The Labute approximate surface area is 149 Å². The lowest BCUT2D eigenvalue weighted by Gasteiger charge is -2.10. The van der Waals surface area contributed by atoms with E-state index in [2.05, 4.69) is 25.3 Å². The lowest BCUT2D eigenvalue weighted by molar-refractivity contribution is 0.256. The van der Waals surface area contributed by atoms with Gasteiger partial charge in [-0.25, -0.2) is 24.2 Å². The second kappa shape index (κ2) is 7.77. The Hall–Kier alpha value is -3.22. The molecule has 2 aromatic rings. The fourth-order valence-corrected chi connectivity index (χ4v) is 2.51. The molecule has 0 aliphatic carbocycles. The zero-order valence-corrected chi connectivity index (χ0v) is 15.2. The molecule has 12 nitrogen and oxygen atoms in total. The molecule has 13 heteroatoms. The number of carbonyl (C=O) groups excluding carboxylic acids is 1. The maximum atomic E-state index is 12.0. The smallest absolute Gasteiger partial charge is 0.336 e. The Bertz CT molecular complexity index is 877. The van der Waals surface area contributed by atoms with E-state index in [0.717, 1.165) is 0 Å². The number of hydrogen-bond acceptors (Lipinski definition) is 9. The summed E-state index contributed by atoms with van der Waals surface area (Å²) >= 11 is 0. The Kier molecular flexibility index (Phi) is 5.71. The van der Waals surface area contributed by atoms with Crippen LogP contribution in [0.25, 0.3) is 0 Å². The van der Waals surface area contributed by atoms with E-state index < -0.39 is 16.2 Å². The highest BCUT2D eigenvalue weighted by Gasteiger charge is 2.18. The average molecular weight is 383 g/mol. The van der Waals surface area contributed by atoms with Gasteiger partial charge in [0, 0.05) is 11.4 Å². The van der Waals surface area contributed by atoms with Gasteiger partial charge in [-0.2, -0.15) is 18.4 Å². The Balaban J connectivity index is 2.08. The van der Waals surface area contributed by atoms with E-state index in [-0.39, 0.29) is 23.7 Å². The van der Waals surface area contributed by atoms with Crippen LogP contribution in [0.3, 0.4) is 0 Å². The molecule has 2 rings (SSSR count). The maximum absolute atomic E-state index is 12.0. The van der Waals surface area contributed by atoms with E-state index >= 15 is 0 Å². The molecular weight excluding hydrogens is 366 g/mol. The van der Waals surface area contributed by atoms with Crippen LogP contribution in [-0.4, -0.2) is 48.6 Å². The van der Waals surface area contributed by atoms with Gasteiger partial charge in [0.05, 0.1) is 20.3 Å². The standard InChI is InChI=1S/C13H17N7O5S/c1-7-5-8(2)15-12(14-7)19-26(22,23)20-13(21)18-11-16-9(24-3)6-10(17-11)25-4/h5-6H,1-4H3,(H,14,15,19)(H2,16,17,18,20,21). The molecule has 0 aliphatic heterocycles. The van der Waals surface area contributed by atoms with Gasteiger partial charge in [0.1, 0.15) is 0 Å². The van der Waals surface area contributed by atoms with Crippen LogP contribution in [0.2, 0.25) is 0 Å². The monoisotopic (exact) mass is 383 g/mol. The summed E-state index contributed by atoms with van der Waals surface area (Å²) in [5.41, 5.74) is 1.13. The van der Waals surface area contributed by atoms with Crippen molar-refractivity contribution in [1.82, 2.24) is 24.7 Å². The van der Waals surface area contributed by atoms with E-state index in [1.165, 1.54) is 20.3 Å². The molecule has 0 radical (unpaired) electrons. The number of hydrogen-bond donors (Lipinski definition) is 3. The van der Waals surface area contributed by atoms with E-state index in [0.29, 0.717) is 11.4 Å². The fourth-order valence-electron chi connectivity index (χ4n) is 1.84. The first-order valence-electron chi connectivity index (χ1n) is 7.11. The van der Waals surface area contributed by atoms with Gasteiger partial charge in [-0.05, 0) is 19.9 Å². The van der Waals surface area contributed by atoms with Crippen LogP contribution in [0.4, 0.5) is 16.7 Å². The van der Waals surface area contributed by atoms with Crippen LogP contribution in [0, 0.1) is 13.8 Å². The van der Waals surface area contributed by atoms with Gasteiger partial charge in [0.15, 0.2) is 0 Å². The number of nitrogens with zero attached hydrogens (tertiary/aromatic N) is 4. The molecular formula is C13H17N7O5S. The first-order chi connectivity index (χ1) is 12.2. The number of carbonyl (C=O) groups is 1. The summed E-state index contributed by atoms with van der Waals surface area (Å²) in [5, 5.41) is 2.16. The molecule has 2 heterocycles. The number of amides is 2. The Morgan fingerprint density at radius 1 is 0.923 bits per heavy atom. The highest BCUT2D eigenvalue weighted by molar-refractivity contribution is 7.91. The van der Waals surface area contributed by atoms with Crippen LogP contribution in [0.5, 0.6) is 11.8 Å². The highest BCUT2D eigenvalue weighted by Crippen LogP contribution is 2.17. The minimum absolute atomic E-state index is 0.122. The van der Waals surface area contributed by atoms with Gasteiger partial charge >= 0.3 is 16.2 Å². The number of aromatic nitrogens is 4. The average Bonchev–Trinajstić information content (AvgIpc) is 2.51. The number of ether oxygens (including phenoxy) is 2. The topological polar surface area (TPSA) is 157 Å². The summed E-state index contributed by atoms with van der Waals surface area (Å²) in [5.74, 6) is -0.132. The lowest BCUT2D eigenvalue weighted by atomic mass is 10.4. The predicted octanol–water partition coefficient (Wildman–Crippen LogP) is 0.379. The molecule has 0 atom stereocenters. The molecule has 26 heavy (non-hydrogen) atoms. The van der Waals surface area contributed by atoms with E-state index in [1.807, 2.05) is 4.72 Å². The quantitative estimate of drug-likeness (QED) is 0.641. The van der Waals surface area contributed by atoms with Crippen molar-refractivity contribution >= 4 is 28.1 Å². The molecule has 0 fully saturated rings. The van der Waals surface area contributed by atoms with Crippen LogP contribution < -0.4 is 24.2 Å². The van der Waals surface area contributed by atoms with Gasteiger partial charge in [-0.3, -0.25) is 5.32 Å². The highest BCUT2D eigenvalue weighted by atomic mass is 32.2. The third kappa shape index (κ3) is 5.41. The molecule has 0 aromatic carbocycles. The lowest BCUT2D eigenvalue weighted by Crippen LogP contribution is -2.39. The maximum Gasteiger partial charge on any atom is 0.336 e. The van der Waals surface area contributed by atoms with Crippen molar-refractivity contribution in [3.8, 4) is 11.8 Å². The van der Waals surface area contributed by atoms with E-state index in [1.54, 1.807) is 24.6 Å². The summed E-state index contributed by atoms with van der Waals surface area (Å²) < 4.78 is 37.7. The summed E-state index contributed by atoms with van der Waals surface area (Å²) in [4.78, 5) is 27.5. The zero-order valence-electron chi connectivity index (χ0n) is 14.4. The summed E-state index contributed by atoms with van der Waals surface area (Å²) in [6.45, 7) is 3.36. The fraction of sp³-hybridized carbons (Fsp3) is 0.308. The van der Waals surface area contributed by atoms with Crippen molar-refractivity contribution in [3.63, 3.8) is 0 Å². The number of urea groups is 1. The second-order valence-corrected chi connectivity index (χ2v) is 6.33. The van der Waals surface area contributed by atoms with Crippen LogP contribution in [-0.2, 0) is 10.2 Å². The van der Waals surface area contributed by atoms with E-state index in [4.69, 9.17) is 9.47 Å². The van der Waals surface area contributed by atoms with Crippen molar-refractivity contribution in [2.24, 2.45) is 0 Å². The van der Waals surface area contributed by atoms with Gasteiger partial charge in [0.25, 0.3) is 0 Å². The van der Waals surface area contributed by atoms with E-state index in [9.17, 15) is 13.2 Å². The van der Waals surface area contributed by atoms with Gasteiger partial charge in [-0.15, -0.1) is 0 Å². The van der Waals surface area contributed by atoms with Crippen molar-refractivity contribution in [3.05, 3.63) is 23.5 Å². The Morgan fingerprint density at radius 2 is 1.46 bits per heavy atom. The number of nitrogens with one attached hydrogen (secondary N) is 3. The third-order valence-electron chi connectivity index (χ3n) is 2.76. The number of anilines is 2. The van der Waals surface area contributed by atoms with Crippen LogP contribution in [0.1, 0.15) is 11.4 Å². The Morgan fingerprint density at radius 3 is 1.96 bits per heavy atom. The summed E-state index contributed by atoms with van der Waals surface area (Å²) in [6, 6.07) is 1.96. The number of aryl methyl sites for hydroxylation is 2. The van der Waals surface area contributed by atoms with Crippen molar-refractivity contribution in [2.75, 3.05) is 24.3 Å².